The molecule has 11 heteroatoms. The number of hydrogen-bond donors (Lipinski definition) is 2. The summed E-state index contributed by atoms with van der Waals surface area (Å²) in [5.74, 6) is -1.09. The minimum absolute atomic E-state index is 0.0182. The maximum atomic E-state index is 14.8. The highest BCUT2D eigenvalue weighted by Gasteiger charge is 2.43. The second kappa shape index (κ2) is 18.1. The van der Waals surface area contributed by atoms with Gasteiger partial charge in [-0.05, 0) is 69.2 Å². The summed E-state index contributed by atoms with van der Waals surface area (Å²) in [5.41, 5.74) is 0.0182. The Morgan fingerprint density at radius 3 is 2.35 bits per heavy atom. The molecule has 9 nitrogen and oxygen atoms in total. The Bertz CT molecular complexity index is 1120. The number of nitrogens with one attached hydrogen (secondary N) is 1. The van der Waals surface area contributed by atoms with Crippen molar-refractivity contribution < 1.29 is 23.9 Å². The fourth-order valence-electron chi connectivity index (χ4n) is 5.91. The van der Waals surface area contributed by atoms with Crippen LogP contribution in [0.3, 0.4) is 0 Å². The zero-order valence-corrected chi connectivity index (χ0v) is 32.5. The summed E-state index contributed by atoms with van der Waals surface area (Å²) in [5, 5.41) is 15.0. The van der Waals surface area contributed by atoms with Crippen LogP contribution < -0.4 is 5.32 Å². The van der Waals surface area contributed by atoms with E-state index in [-0.39, 0.29) is 46.5 Å². The summed E-state index contributed by atoms with van der Waals surface area (Å²) < 4.78 is 7.00. The lowest BCUT2D eigenvalue weighted by atomic mass is 9.91. The minimum Gasteiger partial charge on any atom is -0.476 e. The number of hydrogen-bond acceptors (Lipinski definition) is 7. The number of likely N-dealkylation sites (tertiary alicyclic amines) is 1. The Labute approximate surface area is 284 Å². The highest BCUT2D eigenvalue weighted by atomic mass is 32.1. The third-order valence-electron chi connectivity index (χ3n) is 10.3. The molecule has 1 saturated heterocycles. The number of thiazole rings is 1. The number of unbranched alkanes of at least 4 members (excludes halogenated alkanes) is 3. The predicted octanol–water partition coefficient (Wildman–Crippen LogP) is 7.74. The molecule has 2 rings (SSSR count). The molecular weight excluding hydrogens is 617 g/mol. The minimum atomic E-state index is -2.31. The van der Waals surface area contributed by atoms with Crippen LogP contribution in [0.2, 0.25) is 18.1 Å². The summed E-state index contributed by atoms with van der Waals surface area (Å²) in [6.07, 6.45) is 7.81. The zero-order chi connectivity index (χ0) is 34.8. The van der Waals surface area contributed by atoms with E-state index in [1.807, 2.05) is 11.9 Å². The number of rotatable bonds is 18. The Kier molecular flexibility index (Phi) is 15.9. The van der Waals surface area contributed by atoms with Crippen LogP contribution in [0.25, 0.3) is 0 Å². The van der Waals surface area contributed by atoms with Gasteiger partial charge in [-0.15, -0.1) is 11.3 Å². The van der Waals surface area contributed by atoms with E-state index in [1.165, 1.54) is 11.3 Å². The number of carboxylic acid groups (broad SMARTS) is 1. The quantitative estimate of drug-likeness (QED) is 0.121. The highest BCUT2D eigenvalue weighted by Crippen LogP contribution is 2.42. The largest absolute Gasteiger partial charge is 0.476 e. The van der Waals surface area contributed by atoms with Crippen LogP contribution in [0.15, 0.2) is 5.38 Å². The number of nitrogens with zero attached hydrogens (tertiary/aromatic N) is 3. The first-order chi connectivity index (χ1) is 21.4. The van der Waals surface area contributed by atoms with Crippen molar-refractivity contribution in [1.29, 1.82) is 0 Å². The van der Waals surface area contributed by atoms with Crippen LogP contribution in [-0.4, -0.2) is 84.3 Å². The molecule has 1 aromatic rings. The maximum Gasteiger partial charge on any atom is 0.355 e. The first-order valence-electron chi connectivity index (χ1n) is 17.6. The molecule has 1 fully saturated rings. The van der Waals surface area contributed by atoms with Crippen LogP contribution in [0.1, 0.15) is 135 Å². The summed E-state index contributed by atoms with van der Waals surface area (Å²) in [6, 6.07) is -1.04. The normalized spacial score (nSPS) is 19.0. The van der Waals surface area contributed by atoms with Gasteiger partial charge in [0.1, 0.15) is 11.0 Å². The van der Waals surface area contributed by atoms with Gasteiger partial charge in [-0.1, -0.05) is 87.5 Å². The number of amides is 2. The number of aromatic carboxylic acids is 1. The van der Waals surface area contributed by atoms with E-state index in [2.05, 4.69) is 83.7 Å². The maximum absolute atomic E-state index is 14.8. The number of likely N-dealkylation sites (N-methyl/N-ethyl adjacent to an activating group) is 1. The number of carbonyl (C=O) groups is 3. The smallest absolute Gasteiger partial charge is 0.355 e. The van der Waals surface area contributed by atoms with E-state index < -0.39 is 26.4 Å². The standard InChI is InChI=1S/C35H64N4O5SSi/c1-12-14-15-17-21-39(33(41)30(25(5)13-2)37-31(40)27-19-16-18-20-38(27)9)28(24(3)4)22-29(44-46(10,11)35(6,7)8)32-36-26(23-45-32)34(42)43/h23-25,27-30H,12-22H2,1-11H3,(H,37,40)(H,42,43)/t25-,27+,28+,29+,30-/m0/s1. The number of piperidine rings is 1. The van der Waals surface area contributed by atoms with Gasteiger partial charge in [-0.25, -0.2) is 9.78 Å². The monoisotopic (exact) mass is 680 g/mol. The Balaban J connectivity index is 2.54. The van der Waals surface area contributed by atoms with E-state index in [4.69, 9.17) is 4.43 Å². The predicted molar refractivity (Wildman–Crippen MR) is 191 cm³/mol. The van der Waals surface area contributed by atoms with E-state index >= 15 is 0 Å². The van der Waals surface area contributed by atoms with Crippen LogP contribution in [0.5, 0.6) is 0 Å². The van der Waals surface area contributed by atoms with E-state index in [9.17, 15) is 19.5 Å². The van der Waals surface area contributed by atoms with Crippen molar-refractivity contribution in [3.63, 3.8) is 0 Å². The third kappa shape index (κ3) is 11.1. The van der Waals surface area contributed by atoms with Crippen molar-refractivity contribution in [2.75, 3.05) is 20.1 Å². The molecule has 5 atom stereocenters. The Hall–Kier alpha value is -1.82. The summed E-state index contributed by atoms with van der Waals surface area (Å²) in [4.78, 5) is 48.9. The Morgan fingerprint density at radius 1 is 1.15 bits per heavy atom. The van der Waals surface area contributed by atoms with Crippen molar-refractivity contribution in [3.8, 4) is 0 Å². The molecule has 1 aliphatic heterocycles. The molecule has 2 heterocycles. The average molecular weight is 681 g/mol. The molecule has 46 heavy (non-hydrogen) atoms. The molecular formula is C35H64N4O5SSi. The SMILES string of the molecule is CCCCCCN(C(=O)[C@@H](NC(=O)[C@H]1CCCCN1C)[C@@H](C)CC)[C@H](C[C@@H](O[Si](C)(C)C(C)(C)C)c1nc(C(=O)O)cs1)C(C)C. The van der Waals surface area contributed by atoms with Crippen molar-refractivity contribution in [2.24, 2.45) is 11.8 Å². The van der Waals surface area contributed by atoms with Gasteiger partial charge in [0.05, 0.1) is 12.1 Å². The second-order valence-corrected chi connectivity index (χ2v) is 20.9. The molecule has 0 aliphatic carbocycles. The fraction of sp³-hybridized carbons (Fsp3) is 0.829. The average Bonchev–Trinajstić information content (AvgIpc) is 3.48. The van der Waals surface area contributed by atoms with Crippen molar-refractivity contribution in [3.05, 3.63) is 16.1 Å². The summed E-state index contributed by atoms with van der Waals surface area (Å²) in [7, 11) is -0.312. The van der Waals surface area contributed by atoms with E-state index in [1.54, 1.807) is 5.38 Å². The lowest BCUT2D eigenvalue weighted by Crippen LogP contribution is -2.59. The molecule has 2 N–H and O–H groups in total. The molecule has 2 amide bonds. The fourth-order valence-corrected chi connectivity index (χ4v) is 8.10. The molecule has 0 spiro atoms. The third-order valence-corrected chi connectivity index (χ3v) is 15.7. The van der Waals surface area contributed by atoms with E-state index in [0.29, 0.717) is 18.0 Å². The lowest BCUT2D eigenvalue weighted by Gasteiger charge is -2.43. The zero-order valence-electron chi connectivity index (χ0n) is 30.6. The van der Waals surface area contributed by atoms with Gasteiger partial charge >= 0.3 is 5.97 Å². The highest BCUT2D eigenvalue weighted by molar-refractivity contribution is 7.09. The molecule has 1 aromatic heterocycles. The topological polar surface area (TPSA) is 112 Å². The number of carbonyl (C=O) groups excluding carboxylic acids is 2. The molecule has 0 aromatic carbocycles. The van der Waals surface area contributed by atoms with Crippen LogP contribution >= 0.6 is 11.3 Å². The van der Waals surface area contributed by atoms with Crippen LogP contribution in [0, 0.1) is 11.8 Å². The van der Waals surface area contributed by atoms with E-state index in [0.717, 1.165) is 57.9 Å². The second-order valence-electron chi connectivity index (χ2n) is 15.2. The molecule has 1 aliphatic rings. The molecule has 0 unspecified atom stereocenters. The lowest BCUT2D eigenvalue weighted by molar-refractivity contribution is -0.142. The molecule has 264 valence electrons. The van der Waals surface area contributed by atoms with Crippen LogP contribution in [-0.2, 0) is 14.0 Å². The van der Waals surface area contributed by atoms with Crippen molar-refractivity contribution in [2.45, 2.75) is 156 Å². The Morgan fingerprint density at radius 2 is 1.83 bits per heavy atom. The first-order valence-corrected chi connectivity index (χ1v) is 21.4. The van der Waals surface area contributed by atoms with Crippen molar-refractivity contribution >= 4 is 37.4 Å². The van der Waals surface area contributed by atoms with Gasteiger partial charge in [0, 0.05) is 18.0 Å². The van der Waals surface area contributed by atoms with Crippen LogP contribution in [0.4, 0.5) is 0 Å². The van der Waals surface area contributed by atoms with Gasteiger partial charge in [-0.2, -0.15) is 0 Å². The number of carboxylic acids is 1. The number of aromatic nitrogens is 1. The first kappa shape index (κ1) is 40.4. The van der Waals surface area contributed by atoms with Gasteiger partial charge in [0.2, 0.25) is 11.8 Å². The summed E-state index contributed by atoms with van der Waals surface area (Å²) in [6.45, 7) is 23.0. The molecule has 0 radical (unpaired) electrons. The molecule has 0 bridgehead atoms. The van der Waals surface area contributed by atoms with Crippen molar-refractivity contribution in [1.82, 2.24) is 20.1 Å². The van der Waals surface area contributed by atoms with Gasteiger partial charge in [0.15, 0.2) is 14.0 Å². The summed E-state index contributed by atoms with van der Waals surface area (Å²) >= 11 is 1.31. The molecule has 0 saturated carbocycles. The van der Waals surface area contributed by atoms with Gasteiger partial charge in [-0.3, -0.25) is 14.5 Å². The van der Waals surface area contributed by atoms with Gasteiger partial charge in [0.25, 0.3) is 0 Å². The van der Waals surface area contributed by atoms with Gasteiger partial charge < -0.3 is 19.7 Å².